The quantitative estimate of drug-likeness (QED) is 0.157. The van der Waals surface area contributed by atoms with Crippen molar-refractivity contribution in [3.8, 4) is 0 Å². The molecule has 11 heteroatoms. The van der Waals surface area contributed by atoms with Gasteiger partial charge in [-0.25, -0.2) is 4.99 Å². The van der Waals surface area contributed by atoms with Gasteiger partial charge >= 0.3 is 0 Å². The van der Waals surface area contributed by atoms with E-state index in [1.54, 1.807) is 12.1 Å². The summed E-state index contributed by atoms with van der Waals surface area (Å²) in [6.45, 7) is 6.28. The average Bonchev–Trinajstić information content (AvgIpc) is 2.98. The van der Waals surface area contributed by atoms with Crippen LogP contribution in [0.5, 0.6) is 0 Å². The van der Waals surface area contributed by atoms with E-state index in [-0.39, 0.29) is 42.2 Å². The number of pyridine rings is 1. The Morgan fingerprint density at radius 3 is 2.51 bits per heavy atom. The van der Waals surface area contributed by atoms with E-state index in [4.69, 9.17) is 23.1 Å². The third kappa shape index (κ3) is 11.0. The fraction of sp³-hybridized carbons (Fsp3) is 0.594. The Balaban J connectivity index is 1.68. The fourth-order valence-corrected chi connectivity index (χ4v) is 6.06. The molecule has 1 fully saturated rings. The summed E-state index contributed by atoms with van der Waals surface area (Å²) in [6.07, 6.45) is 15.0. The number of aliphatic imine (C=N–C) groups is 1. The first-order valence-electron chi connectivity index (χ1n) is 15.5. The molecule has 2 aliphatic rings. The molecule has 1 aromatic rings. The molecular formula is C32H48ClN7O3. The first kappa shape index (κ1) is 34.1. The smallest absolute Gasteiger partial charge is 0.253 e. The van der Waals surface area contributed by atoms with Crippen LogP contribution in [0.25, 0.3) is 0 Å². The number of halogens is 1. The van der Waals surface area contributed by atoms with Crippen molar-refractivity contribution in [2.45, 2.75) is 103 Å². The molecule has 0 spiro atoms. The summed E-state index contributed by atoms with van der Waals surface area (Å²) in [6, 6.07) is 1.80. The number of rotatable bonds is 14. The van der Waals surface area contributed by atoms with Crippen LogP contribution in [0.4, 0.5) is 0 Å². The van der Waals surface area contributed by atoms with Gasteiger partial charge in [-0.15, -0.1) is 0 Å². The lowest BCUT2D eigenvalue weighted by Crippen LogP contribution is -2.56. The predicted molar refractivity (Wildman–Crippen MR) is 171 cm³/mol. The highest BCUT2D eigenvalue weighted by Gasteiger charge is 2.35. The molecule has 43 heavy (non-hydrogen) atoms. The van der Waals surface area contributed by atoms with E-state index < -0.39 is 18.0 Å². The van der Waals surface area contributed by atoms with Gasteiger partial charge in [-0.2, -0.15) is 0 Å². The van der Waals surface area contributed by atoms with Crippen LogP contribution in [-0.4, -0.2) is 46.8 Å². The minimum atomic E-state index is -0.792. The Hall–Kier alpha value is -3.40. The molecule has 0 aliphatic heterocycles. The lowest BCUT2D eigenvalue weighted by atomic mass is 9.74. The third-order valence-corrected chi connectivity index (χ3v) is 8.36. The molecule has 3 rings (SSSR count). The van der Waals surface area contributed by atoms with Gasteiger partial charge in [0, 0.05) is 17.3 Å². The fourth-order valence-electron chi connectivity index (χ4n) is 5.81. The van der Waals surface area contributed by atoms with E-state index in [1.807, 2.05) is 32.9 Å². The number of amides is 3. The minimum Gasteiger partial charge on any atom is -0.370 e. The number of carbonyl (C=O) groups is 3. The van der Waals surface area contributed by atoms with Crippen LogP contribution in [0.15, 0.2) is 46.6 Å². The molecule has 5 atom stereocenters. The Bertz CT molecular complexity index is 1180. The van der Waals surface area contributed by atoms with Gasteiger partial charge in [0.2, 0.25) is 11.8 Å². The Morgan fingerprint density at radius 1 is 1.09 bits per heavy atom. The number of aromatic nitrogens is 1. The van der Waals surface area contributed by atoms with Crippen LogP contribution in [0.2, 0.25) is 0 Å². The molecule has 0 aromatic carbocycles. The van der Waals surface area contributed by atoms with Gasteiger partial charge < -0.3 is 27.4 Å². The highest BCUT2D eigenvalue weighted by Crippen LogP contribution is 2.37. The van der Waals surface area contributed by atoms with Crippen molar-refractivity contribution in [3.05, 3.63) is 52.8 Å². The number of hydrogen-bond acceptors (Lipinski definition) is 5. The van der Waals surface area contributed by atoms with Crippen molar-refractivity contribution in [1.29, 1.82) is 0 Å². The molecule has 0 bridgehead atoms. The zero-order chi connectivity index (χ0) is 31.4. The van der Waals surface area contributed by atoms with Crippen molar-refractivity contribution in [2.24, 2.45) is 34.2 Å². The monoisotopic (exact) mass is 613 g/mol. The maximum atomic E-state index is 13.7. The first-order chi connectivity index (χ1) is 20.6. The van der Waals surface area contributed by atoms with E-state index in [9.17, 15) is 14.4 Å². The molecule has 0 saturated heterocycles. The molecule has 1 aromatic heterocycles. The van der Waals surface area contributed by atoms with Gasteiger partial charge in [0.1, 0.15) is 12.1 Å². The largest absolute Gasteiger partial charge is 0.370 e. The normalized spacial score (nSPS) is 21.3. The molecule has 3 amide bonds. The topological polar surface area (TPSA) is 165 Å². The number of allylic oxidation sites excluding steroid dienone is 4. The molecule has 236 valence electrons. The summed E-state index contributed by atoms with van der Waals surface area (Å²) in [5.41, 5.74) is 11.7. The van der Waals surface area contributed by atoms with E-state index in [0.717, 1.165) is 50.0 Å². The second-order valence-electron chi connectivity index (χ2n) is 12.1. The lowest BCUT2D eigenvalue weighted by molar-refractivity contribution is -0.131. The van der Waals surface area contributed by atoms with Crippen molar-refractivity contribution < 1.29 is 14.4 Å². The summed E-state index contributed by atoms with van der Waals surface area (Å²) in [7, 11) is 0. The third-order valence-electron chi connectivity index (χ3n) is 8.08. The van der Waals surface area contributed by atoms with Gasteiger partial charge in [0.15, 0.2) is 5.96 Å². The molecular weight excluding hydrogens is 566 g/mol. The molecule has 1 heterocycles. The maximum absolute atomic E-state index is 13.7. The van der Waals surface area contributed by atoms with Crippen LogP contribution < -0.4 is 27.4 Å². The Morgan fingerprint density at radius 2 is 1.86 bits per heavy atom. The van der Waals surface area contributed by atoms with Crippen LogP contribution in [0.3, 0.4) is 0 Å². The van der Waals surface area contributed by atoms with Gasteiger partial charge in [0.25, 0.3) is 5.91 Å². The predicted octanol–water partition coefficient (Wildman–Crippen LogP) is 4.05. The minimum absolute atomic E-state index is 0.0167. The Labute approximate surface area is 260 Å². The van der Waals surface area contributed by atoms with E-state index >= 15 is 0 Å². The summed E-state index contributed by atoms with van der Waals surface area (Å²) in [5, 5.41) is 9.96. The molecule has 2 aliphatic carbocycles. The van der Waals surface area contributed by atoms with Gasteiger partial charge in [-0.05, 0) is 68.1 Å². The van der Waals surface area contributed by atoms with Crippen molar-refractivity contribution in [2.75, 3.05) is 0 Å². The second-order valence-corrected chi connectivity index (χ2v) is 12.6. The van der Waals surface area contributed by atoms with Gasteiger partial charge in [-0.3, -0.25) is 19.4 Å². The van der Waals surface area contributed by atoms with Crippen LogP contribution >= 0.6 is 11.6 Å². The van der Waals surface area contributed by atoms with Gasteiger partial charge in [0.05, 0.1) is 17.8 Å². The first-order valence-corrected chi connectivity index (χ1v) is 15.9. The summed E-state index contributed by atoms with van der Waals surface area (Å²) in [5.74, 6) is -0.252. The van der Waals surface area contributed by atoms with Crippen LogP contribution in [-0.2, 0) is 16.1 Å². The summed E-state index contributed by atoms with van der Waals surface area (Å²) >= 11 is 6.35. The number of unbranched alkanes of at least 4 members (excludes halogenated alkanes) is 1. The van der Waals surface area contributed by atoms with Crippen LogP contribution in [0, 0.1) is 17.8 Å². The number of hydrogen-bond donors (Lipinski definition) is 5. The number of nitrogens with one attached hydrogen (secondary N) is 3. The Kier molecular flexibility index (Phi) is 13.5. The maximum Gasteiger partial charge on any atom is 0.253 e. The van der Waals surface area contributed by atoms with Crippen LogP contribution in [0.1, 0.15) is 94.6 Å². The zero-order valence-electron chi connectivity index (χ0n) is 25.7. The molecule has 0 radical (unpaired) electrons. The average molecular weight is 614 g/mol. The van der Waals surface area contributed by atoms with E-state index in [0.29, 0.717) is 30.0 Å². The molecule has 1 saturated carbocycles. The highest BCUT2D eigenvalue weighted by molar-refractivity contribution is 6.29. The number of nitrogens with zero attached hydrogens (tertiary/aromatic N) is 2. The van der Waals surface area contributed by atoms with Gasteiger partial charge in [-0.1, -0.05) is 70.2 Å². The van der Waals surface area contributed by atoms with E-state index in [2.05, 4.69) is 32.0 Å². The van der Waals surface area contributed by atoms with Crippen molar-refractivity contribution >= 4 is 35.3 Å². The summed E-state index contributed by atoms with van der Waals surface area (Å²) < 4.78 is 0. The second kappa shape index (κ2) is 17.0. The number of nitrogens with two attached hydrogens (primary N) is 2. The molecule has 7 N–H and O–H groups in total. The highest BCUT2D eigenvalue weighted by atomic mass is 35.5. The number of guanidine groups is 1. The van der Waals surface area contributed by atoms with Crippen molar-refractivity contribution in [1.82, 2.24) is 20.9 Å². The zero-order valence-corrected chi connectivity index (χ0v) is 26.4. The van der Waals surface area contributed by atoms with E-state index in [1.165, 1.54) is 6.20 Å². The standard InChI is InChI=1S/C32H48ClN7O3/c1-4-5-12-27(39-29(41)22-14-15-24(36-18-22)19-37-32(34)35)30(42)40-28(16-20(2)3)31(43)38-26-13-7-6-11-25(26)21-9-8-10-23(33)17-21/h8-10,14-15,18,20-21,25-28H,4-7,11-13,16-17,19H2,1-3H3,(H,38,43)(H,39,41)(H,40,42)(H4,34,35,37)/t21?,25-,26+,27-,28-/m0/s1. The van der Waals surface area contributed by atoms with Crippen molar-refractivity contribution in [3.63, 3.8) is 0 Å². The number of carbonyl (C=O) groups excluding carboxylic acids is 3. The summed E-state index contributed by atoms with van der Waals surface area (Å²) in [4.78, 5) is 48.5. The SMILES string of the molecule is CCCC[C@H](NC(=O)c1ccc(CN=C(N)N)nc1)C(=O)N[C@@H](CC(C)C)C(=O)N[C@@H]1CCCC[C@H]1C1C=CC=C(Cl)C1. The molecule has 1 unspecified atom stereocenters. The lowest BCUT2D eigenvalue weighted by Gasteiger charge is -2.38. The molecule has 10 nitrogen and oxygen atoms in total.